The topological polar surface area (TPSA) is 20.2 Å². The monoisotopic (exact) mass is 424 g/mol. The summed E-state index contributed by atoms with van der Waals surface area (Å²) in [6, 6.07) is 0. The molecule has 0 aliphatic heterocycles. The fourth-order valence-corrected chi connectivity index (χ4v) is 4.59. The van der Waals surface area contributed by atoms with Gasteiger partial charge in [0.2, 0.25) is 0 Å². The Morgan fingerprint density at radius 2 is 0.533 bits per heavy atom. The Kier molecular flexibility index (Phi) is 27.0. The first-order valence-electron chi connectivity index (χ1n) is 14.5. The second-order valence-corrected chi connectivity index (χ2v) is 10.0. The van der Waals surface area contributed by atoms with E-state index < -0.39 is 0 Å². The predicted octanol–water partition coefficient (Wildman–Crippen LogP) is 10.5. The Labute approximate surface area is 192 Å². The van der Waals surface area contributed by atoms with Gasteiger partial charge in [-0.25, -0.2) is 0 Å². The lowest BCUT2D eigenvalue weighted by Gasteiger charge is -2.10. The number of hydrogen-bond acceptors (Lipinski definition) is 1. The summed E-state index contributed by atoms with van der Waals surface area (Å²) in [6.07, 6.45) is 35.6. The van der Waals surface area contributed by atoms with Gasteiger partial charge >= 0.3 is 0 Å². The SMILES string of the molecule is CCCCCCCCCCCCCCC[C@H](O)CCCCCCCCCCCCC. The lowest BCUT2D eigenvalue weighted by molar-refractivity contribution is 0.147. The minimum absolute atomic E-state index is 0.0312. The minimum atomic E-state index is -0.0312. The molecule has 0 saturated heterocycles. The lowest BCUT2D eigenvalue weighted by atomic mass is 10.0. The van der Waals surface area contributed by atoms with Gasteiger partial charge in [-0.15, -0.1) is 0 Å². The van der Waals surface area contributed by atoms with Gasteiger partial charge in [0.05, 0.1) is 6.10 Å². The highest BCUT2D eigenvalue weighted by Crippen LogP contribution is 2.16. The second-order valence-electron chi connectivity index (χ2n) is 10.0. The van der Waals surface area contributed by atoms with Crippen LogP contribution in [0.1, 0.15) is 181 Å². The third-order valence-electron chi connectivity index (χ3n) is 6.78. The van der Waals surface area contributed by atoms with Gasteiger partial charge < -0.3 is 5.11 Å². The highest BCUT2D eigenvalue weighted by atomic mass is 16.3. The summed E-state index contributed by atoms with van der Waals surface area (Å²) >= 11 is 0. The highest BCUT2D eigenvalue weighted by Gasteiger charge is 2.03. The first-order chi connectivity index (χ1) is 14.8. The van der Waals surface area contributed by atoms with E-state index in [2.05, 4.69) is 13.8 Å². The first kappa shape index (κ1) is 30.0. The third-order valence-corrected chi connectivity index (χ3v) is 6.78. The van der Waals surface area contributed by atoms with Crippen LogP contribution in [0, 0.1) is 0 Å². The van der Waals surface area contributed by atoms with E-state index >= 15 is 0 Å². The zero-order valence-electron chi connectivity index (χ0n) is 21.4. The van der Waals surface area contributed by atoms with Gasteiger partial charge in [0, 0.05) is 0 Å². The van der Waals surface area contributed by atoms with Gasteiger partial charge in [0.1, 0.15) is 0 Å². The molecule has 1 atom stereocenters. The van der Waals surface area contributed by atoms with Crippen molar-refractivity contribution >= 4 is 0 Å². The molecule has 0 unspecified atom stereocenters. The molecule has 30 heavy (non-hydrogen) atoms. The zero-order valence-corrected chi connectivity index (χ0v) is 21.4. The summed E-state index contributed by atoms with van der Waals surface area (Å²) in [5.41, 5.74) is 0. The Bertz CT molecular complexity index is 288. The van der Waals surface area contributed by atoms with Crippen molar-refractivity contribution in [3.8, 4) is 0 Å². The molecule has 1 heteroatoms. The normalized spacial score (nSPS) is 12.5. The molecule has 0 amide bonds. The minimum Gasteiger partial charge on any atom is -0.393 e. The molecule has 0 aliphatic rings. The van der Waals surface area contributed by atoms with Gasteiger partial charge in [0.15, 0.2) is 0 Å². The summed E-state index contributed by atoms with van der Waals surface area (Å²) in [7, 11) is 0. The maximum atomic E-state index is 10.2. The Hall–Kier alpha value is -0.0400. The highest BCUT2D eigenvalue weighted by molar-refractivity contribution is 4.58. The smallest absolute Gasteiger partial charge is 0.0540 e. The van der Waals surface area contributed by atoms with E-state index in [4.69, 9.17) is 0 Å². The van der Waals surface area contributed by atoms with E-state index in [1.807, 2.05) is 0 Å². The molecule has 0 aliphatic carbocycles. The van der Waals surface area contributed by atoms with Crippen LogP contribution in [0.25, 0.3) is 0 Å². The van der Waals surface area contributed by atoms with Gasteiger partial charge in [-0.1, -0.05) is 168 Å². The molecule has 0 rings (SSSR count). The van der Waals surface area contributed by atoms with Crippen LogP contribution in [-0.4, -0.2) is 11.2 Å². The molecule has 0 aromatic heterocycles. The molecule has 0 heterocycles. The number of rotatable bonds is 26. The maximum Gasteiger partial charge on any atom is 0.0540 e. The quantitative estimate of drug-likeness (QED) is 0.137. The lowest BCUT2D eigenvalue weighted by Crippen LogP contribution is -2.05. The van der Waals surface area contributed by atoms with Gasteiger partial charge in [-0.2, -0.15) is 0 Å². The van der Waals surface area contributed by atoms with Gasteiger partial charge in [-0.05, 0) is 12.8 Å². The van der Waals surface area contributed by atoms with Crippen LogP contribution in [0.4, 0.5) is 0 Å². The molecule has 0 saturated carbocycles. The van der Waals surface area contributed by atoms with E-state index in [1.165, 1.54) is 154 Å². The van der Waals surface area contributed by atoms with E-state index in [-0.39, 0.29) is 6.10 Å². The average molecular weight is 425 g/mol. The van der Waals surface area contributed by atoms with Crippen LogP contribution in [0.2, 0.25) is 0 Å². The molecule has 1 N–H and O–H groups in total. The van der Waals surface area contributed by atoms with Crippen LogP contribution >= 0.6 is 0 Å². The summed E-state index contributed by atoms with van der Waals surface area (Å²) in [6.45, 7) is 4.58. The summed E-state index contributed by atoms with van der Waals surface area (Å²) in [5, 5.41) is 10.2. The van der Waals surface area contributed by atoms with Gasteiger partial charge in [0.25, 0.3) is 0 Å². The van der Waals surface area contributed by atoms with Crippen LogP contribution in [0.3, 0.4) is 0 Å². The molecule has 0 aromatic rings. The number of unbranched alkanes of at least 4 members (excludes halogenated alkanes) is 22. The van der Waals surface area contributed by atoms with Crippen molar-refractivity contribution in [2.75, 3.05) is 0 Å². The Balaban J connectivity index is 3.12. The molecule has 0 bridgehead atoms. The van der Waals surface area contributed by atoms with Crippen LogP contribution in [0.5, 0.6) is 0 Å². The Morgan fingerprint density at radius 3 is 0.767 bits per heavy atom. The van der Waals surface area contributed by atoms with Crippen molar-refractivity contribution in [1.82, 2.24) is 0 Å². The molecule has 0 spiro atoms. The van der Waals surface area contributed by atoms with Crippen molar-refractivity contribution in [2.45, 2.75) is 187 Å². The van der Waals surface area contributed by atoms with Crippen LogP contribution < -0.4 is 0 Å². The summed E-state index contributed by atoms with van der Waals surface area (Å²) in [5.74, 6) is 0. The summed E-state index contributed by atoms with van der Waals surface area (Å²) in [4.78, 5) is 0. The molecular weight excluding hydrogens is 364 g/mol. The largest absolute Gasteiger partial charge is 0.393 e. The predicted molar refractivity (Wildman–Crippen MR) is 137 cm³/mol. The van der Waals surface area contributed by atoms with Crippen molar-refractivity contribution < 1.29 is 5.11 Å². The van der Waals surface area contributed by atoms with Crippen LogP contribution in [-0.2, 0) is 0 Å². The Morgan fingerprint density at radius 1 is 0.333 bits per heavy atom. The summed E-state index contributed by atoms with van der Waals surface area (Å²) < 4.78 is 0. The van der Waals surface area contributed by atoms with E-state index in [9.17, 15) is 5.11 Å². The van der Waals surface area contributed by atoms with Crippen molar-refractivity contribution in [3.63, 3.8) is 0 Å². The average Bonchev–Trinajstić information content (AvgIpc) is 2.75. The van der Waals surface area contributed by atoms with Gasteiger partial charge in [-0.3, -0.25) is 0 Å². The van der Waals surface area contributed by atoms with Crippen molar-refractivity contribution in [3.05, 3.63) is 0 Å². The van der Waals surface area contributed by atoms with Crippen molar-refractivity contribution in [1.29, 1.82) is 0 Å². The number of aliphatic hydroxyl groups excluding tert-OH is 1. The third kappa shape index (κ3) is 26.0. The zero-order chi connectivity index (χ0) is 22.0. The maximum absolute atomic E-state index is 10.2. The molecule has 182 valence electrons. The van der Waals surface area contributed by atoms with Crippen molar-refractivity contribution in [2.24, 2.45) is 0 Å². The fraction of sp³-hybridized carbons (Fsp3) is 1.00. The van der Waals surface area contributed by atoms with Crippen LogP contribution in [0.15, 0.2) is 0 Å². The number of hydrogen-bond donors (Lipinski definition) is 1. The first-order valence-corrected chi connectivity index (χ1v) is 14.5. The van der Waals surface area contributed by atoms with E-state index in [0.717, 1.165) is 12.8 Å². The molecular formula is C29H60O. The fourth-order valence-electron chi connectivity index (χ4n) is 4.59. The van der Waals surface area contributed by atoms with E-state index in [0.29, 0.717) is 0 Å². The second kappa shape index (κ2) is 27.0. The standard InChI is InChI=1S/C29H60O/c1-3-5-7-9-11-13-15-16-18-20-22-24-26-28-29(30)27-25-23-21-19-17-14-12-10-8-6-4-2/h29-30H,3-28H2,1-2H3/t29-/m1/s1. The molecule has 0 radical (unpaired) electrons. The van der Waals surface area contributed by atoms with E-state index in [1.54, 1.807) is 0 Å². The molecule has 0 fully saturated rings. The molecule has 0 aromatic carbocycles. The molecule has 1 nitrogen and oxygen atoms in total. The number of aliphatic hydroxyl groups is 1.